The summed E-state index contributed by atoms with van der Waals surface area (Å²) in [6.07, 6.45) is 2.49. The van der Waals surface area contributed by atoms with Gasteiger partial charge in [0.15, 0.2) is 12.0 Å². The fourth-order valence-electron chi connectivity index (χ4n) is 3.00. The lowest BCUT2D eigenvalue weighted by Crippen LogP contribution is -2.37. The molecule has 3 rings (SSSR count). The minimum Gasteiger partial charge on any atom is -0.385 e. The predicted octanol–water partition coefficient (Wildman–Crippen LogP) is 2.92. The third-order valence-corrected chi connectivity index (χ3v) is 4.74. The molecule has 1 aliphatic rings. The van der Waals surface area contributed by atoms with Gasteiger partial charge in [-0.2, -0.15) is 0 Å². The smallest absolute Gasteiger partial charge is 0.164 e. The molecule has 5 nitrogen and oxygen atoms in total. The van der Waals surface area contributed by atoms with Crippen LogP contribution in [0.2, 0.25) is 5.15 Å². The van der Waals surface area contributed by atoms with E-state index in [1.165, 1.54) is 17.1 Å². The molecule has 0 unspecified atom stereocenters. The molecule has 1 fully saturated rings. The van der Waals surface area contributed by atoms with Crippen molar-refractivity contribution in [1.82, 2.24) is 14.5 Å². The summed E-state index contributed by atoms with van der Waals surface area (Å²) in [5, 5.41) is 11.0. The van der Waals surface area contributed by atoms with E-state index in [1.54, 1.807) is 6.92 Å². The first-order valence-corrected chi connectivity index (χ1v) is 7.30. The molecule has 2 aromatic rings. The summed E-state index contributed by atoms with van der Waals surface area (Å²) in [7, 11) is 0. The Morgan fingerprint density at radius 1 is 1.52 bits per heavy atom. The quantitative estimate of drug-likeness (QED) is 0.866. The van der Waals surface area contributed by atoms with E-state index in [0.29, 0.717) is 5.65 Å². The van der Waals surface area contributed by atoms with Crippen LogP contribution in [0.3, 0.4) is 0 Å². The maximum absolute atomic E-state index is 14.1. The van der Waals surface area contributed by atoms with Gasteiger partial charge in [-0.1, -0.05) is 25.4 Å². The highest BCUT2D eigenvalue weighted by Gasteiger charge is 2.51. The lowest BCUT2D eigenvalue weighted by molar-refractivity contribution is -0.0832. The monoisotopic (exact) mass is 313 g/mol. The van der Waals surface area contributed by atoms with Gasteiger partial charge in [-0.15, -0.1) is 0 Å². The molecule has 2 aromatic heterocycles. The van der Waals surface area contributed by atoms with Crippen LogP contribution in [-0.4, -0.2) is 31.3 Å². The zero-order valence-electron chi connectivity index (χ0n) is 12.0. The number of rotatable bonds is 2. The first-order valence-electron chi connectivity index (χ1n) is 6.92. The van der Waals surface area contributed by atoms with E-state index in [0.717, 1.165) is 6.42 Å². The third-order valence-electron chi connectivity index (χ3n) is 4.46. The molecule has 1 N–H and O–H groups in total. The fraction of sp³-hybridized carbons (Fsp3) is 0.571. The maximum atomic E-state index is 14.1. The van der Waals surface area contributed by atoms with Crippen LogP contribution >= 0.6 is 11.6 Å². The van der Waals surface area contributed by atoms with Gasteiger partial charge in [0.25, 0.3) is 0 Å². The van der Waals surface area contributed by atoms with Crippen LogP contribution in [0.1, 0.15) is 33.4 Å². The SMILES string of the molecule is CC[C@H]1O[C@@H](n2cc(F)c3c(Cl)ncnc32)[C@](C)(O)[C@@H]1C. The summed E-state index contributed by atoms with van der Waals surface area (Å²) in [5.41, 5.74) is -0.807. The summed E-state index contributed by atoms with van der Waals surface area (Å²) >= 11 is 5.93. The van der Waals surface area contributed by atoms with Crippen molar-refractivity contribution in [1.29, 1.82) is 0 Å². The molecular formula is C14H17ClFN3O2. The fourth-order valence-corrected chi connectivity index (χ4v) is 3.22. The average Bonchev–Trinajstić information content (AvgIpc) is 2.87. The highest BCUT2D eigenvalue weighted by atomic mass is 35.5. The Hall–Kier alpha value is -1.24. The maximum Gasteiger partial charge on any atom is 0.164 e. The summed E-state index contributed by atoms with van der Waals surface area (Å²) in [6.45, 7) is 5.62. The predicted molar refractivity (Wildman–Crippen MR) is 76.5 cm³/mol. The Labute approximate surface area is 126 Å². The summed E-state index contributed by atoms with van der Waals surface area (Å²) in [4.78, 5) is 7.87. The van der Waals surface area contributed by atoms with E-state index in [9.17, 15) is 9.50 Å². The lowest BCUT2D eigenvalue weighted by atomic mass is 9.87. The van der Waals surface area contributed by atoms with Crippen molar-refractivity contribution in [3.63, 3.8) is 0 Å². The van der Waals surface area contributed by atoms with Gasteiger partial charge in [0.05, 0.1) is 11.5 Å². The Morgan fingerprint density at radius 3 is 2.86 bits per heavy atom. The second-order valence-corrected chi connectivity index (χ2v) is 6.06. The van der Waals surface area contributed by atoms with E-state index in [2.05, 4.69) is 9.97 Å². The largest absolute Gasteiger partial charge is 0.385 e. The Balaban J connectivity index is 2.15. The van der Waals surface area contributed by atoms with Gasteiger partial charge in [-0.3, -0.25) is 0 Å². The molecule has 7 heteroatoms. The van der Waals surface area contributed by atoms with Gasteiger partial charge in [-0.25, -0.2) is 14.4 Å². The Morgan fingerprint density at radius 2 is 2.24 bits per heavy atom. The highest BCUT2D eigenvalue weighted by Crippen LogP contribution is 2.44. The zero-order chi connectivity index (χ0) is 15.4. The van der Waals surface area contributed by atoms with Crippen LogP contribution in [0, 0.1) is 11.7 Å². The molecule has 4 atom stereocenters. The zero-order valence-corrected chi connectivity index (χ0v) is 12.8. The van der Waals surface area contributed by atoms with Crippen LogP contribution in [0.15, 0.2) is 12.5 Å². The minimum absolute atomic E-state index is 0.0500. The van der Waals surface area contributed by atoms with Gasteiger partial charge in [-0.05, 0) is 13.3 Å². The third kappa shape index (κ3) is 2.05. The van der Waals surface area contributed by atoms with Crippen LogP contribution in [0.4, 0.5) is 4.39 Å². The first-order chi connectivity index (χ1) is 9.87. The Bertz CT molecular complexity index is 688. The molecule has 114 valence electrons. The number of fused-ring (bicyclic) bond motifs is 1. The molecular weight excluding hydrogens is 297 g/mol. The molecule has 0 aliphatic carbocycles. The van der Waals surface area contributed by atoms with Crippen molar-refractivity contribution in [2.75, 3.05) is 0 Å². The topological polar surface area (TPSA) is 60.2 Å². The molecule has 0 bridgehead atoms. The van der Waals surface area contributed by atoms with Crippen molar-refractivity contribution in [3.8, 4) is 0 Å². The molecule has 0 radical (unpaired) electrons. The number of aromatic nitrogens is 3. The van der Waals surface area contributed by atoms with Crippen LogP contribution in [0.25, 0.3) is 11.0 Å². The number of aliphatic hydroxyl groups is 1. The van der Waals surface area contributed by atoms with E-state index < -0.39 is 17.6 Å². The van der Waals surface area contributed by atoms with Gasteiger partial charge < -0.3 is 14.4 Å². The molecule has 1 aliphatic heterocycles. The van der Waals surface area contributed by atoms with Gasteiger partial charge in [0.1, 0.15) is 22.7 Å². The molecule has 3 heterocycles. The highest BCUT2D eigenvalue weighted by molar-refractivity contribution is 6.34. The van der Waals surface area contributed by atoms with Crippen molar-refractivity contribution >= 4 is 22.6 Å². The summed E-state index contributed by atoms with van der Waals surface area (Å²) in [6, 6.07) is 0. The van der Waals surface area contributed by atoms with E-state index >= 15 is 0 Å². The second kappa shape index (κ2) is 4.90. The molecule has 1 saturated heterocycles. The number of ether oxygens (including phenoxy) is 1. The number of halogens is 2. The van der Waals surface area contributed by atoms with E-state index in [1.807, 2.05) is 13.8 Å². The summed E-state index contributed by atoms with van der Waals surface area (Å²) in [5.74, 6) is -0.604. The van der Waals surface area contributed by atoms with E-state index in [4.69, 9.17) is 16.3 Å². The lowest BCUT2D eigenvalue weighted by Gasteiger charge is -2.28. The number of hydrogen-bond acceptors (Lipinski definition) is 4. The van der Waals surface area contributed by atoms with Gasteiger partial charge in [0.2, 0.25) is 0 Å². The standard InChI is InChI=1S/C14H17ClFN3O2/c1-4-9-7(2)14(3,20)13(21-9)19-5-8(16)10-11(15)17-6-18-12(10)19/h5-7,9,13,20H,4H2,1-3H3/t7-,9-,13-,14-/m1/s1. The molecule has 0 aromatic carbocycles. The number of nitrogens with zero attached hydrogens (tertiary/aromatic N) is 3. The van der Waals surface area contributed by atoms with Crippen molar-refractivity contribution in [3.05, 3.63) is 23.5 Å². The second-order valence-electron chi connectivity index (χ2n) is 5.70. The van der Waals surface area contributed by atoms with Gasteiger partial charge in [0, 0.05) is 12.1 Å². The average molecular weight is 314 g/mol. The molecule has 0 spiro atoms. The van der Waals surface area contributed by atoms with Crippen LogP contribution in [-0.2, 0) is 4.74 Å². The molecule has 0 amide bonds. The van der Waals surface area contributed by atoms with Crippen LogP contribution in [0.5, 0.6) is 0 Å². The molecule has 21 heavy (non-hydrogen) atoms. The number of hydrogen-bond donors (Lipinski definition) is 1. The minimum atomic E-state index is -1.13. The van der Waals surface area contributed by atoms with Crippen molar-refractivity contribution in [2.45, 2.75) is 45.1 Å². The van der Waals surface area contributed by atoms with Crippen LogP contribution < -0.4 is 0 Å². The van der Waals surface area contributed by atoms with Gasteiger partial charge >= 0.3 is 0 Å². The van der Waals surface area contributed by atoms with Crippen molar-refractivity contribution in [2.24, 2.45) is 5.92 Å². The molecule has 0 saturated carbocycles. The Kier molecular flexibility index (Phi) is 3.43. The van der Waals surface area contributed by atoms with E-state index in [-0.39, 0.29) is 22.6 Å². The first kappa shape index (κ1) is 14.7. The summed E-state index contributed by atoms with van der Waals surface area (Å²) < 4.78 is 21.6. The van der Waals surface area contributed by atoms with Crippen molar-refractivity contribution < 1.29 is 14.2 Å². The normalized spacial score (nSPS) is 33.0.